The van der Waals surface area contributed by atoms with Crippen molar-refractivity contribution in [2.24, 2.45) is 5.92 Å². The van der Waals surface area contributed by atoms with Crippen molar-refractivity contribution in [3.8, 4) is 0 Å². The van der Waals surface area contributed by atoms with Crippen LogP contribution in [0.5, 0.6) is 0 Å². The molecule has 0 radical (unpaired) electrons. The third-order valence-electron chi connectivity index (χ3n) is 3.60. The number of anilines is 1. The number of aliphatic hydroxyl groups excluding tert-OH is 1. The van der Waals surface area contributed by atoms with E-state index in [1.807, 2.05) is 4.57 Å². The minimum atomic E-state index is -0.133. The maximum absolute atomic E-state index is 9.21. The number of hydrogen-bond acceptors (Lipinski definition) is 6. The van der Waals surface area contributed by atoms with Gasteiger partial charge < -0.3 is 20.1 Å². The summed E-state index contributed by atoms with van der Waals surface area (Å²) in [6, 6.07) is 0.112. The molecule has 0 amide bonds. The first-order chi connectivity index (χ1) is 8.72. The smallest absolute Gasteiger partial charge is 0.165 e. The summed E-state index contributed by atoms with van der Waals surface area (Å²) in [4.78, 5) is 12.4. The zero-order chi connectivity index (χ0) is 12.7. The fourth-order valence-corrected chi connectivity index (χ4v) is 2.44. The Morgan fingerprint density at radius 1 is 1.50 bits per heavy atom. The van der Waals surface area contributed by atoms with Crippen LogP contribution >= 0.6 is 0 Å². The van der Waals surface area contributed by atoms with Crippen LogP contribution in [0.15, 0.2) is 12.7 Å². The lowest BCUT2D eigenvalue weighted by Crippen LogP contribution is -2.22. The van der Waals surface area contributed by atoms with Crippen molar-refractivity contribution in [1.29, 1.82) is 0 Å². The van der Waals surface area contributed by atoms with Gasteiger partial charge in [-0.2, -0.15) is 0 Å². The van der Waals surface area contributed by atoms with Crippen molar-refractivity contribution < 1.29 is 9.84 Å². The summed E-state index contributed by atoms with van der Waals surface area (Å²) in [5.74, 6) is 0.576. The van der Waals surface area contributed by atoms with E-state index in [-0.39, 0.29) is 24.7 Å². The number of nitrogen functional groups attached to an aromatic ring is 1. The molecule has 96 valence electrons. The van der Waals surface area contributed by atoms with Gasteiger partial charge in [0.2, 0.25) is 0 Å². The lowest BCUT2D eigenvalue weighted by atomic mass is 10.00. The lowest BCUT2D eigenvalue weighted by molar-refractivity contribution is 0.0429. The zero-order valence-corrected chi connectivity index (χ0v) is 10.0. The van der Waals surface area contributed by atoms with Crippen LogP contribution in [-0.2, 0) is 4.74 Å². The van der Waals surface area contributed by atoms with Gasteiger partial charge in [0, 0.05) is 5.92 Å². The summed E-state index contributed by atoms with van der Waals surface area (Å²) in [5.41, 5.74) is 7.08. The molecule has 1 saturated heterocycles. The summed E-state index contributed by atoms with van der Waals surface area (Å²) >= 11 is 0. The highest BCUT2D eigenvalue weighted by Gasteiger charge is 2.35. The molecule has 18 heavy (non-hydrogen) atoms. The van der Waals surface area contributed by atoms with Crippen molar-refractivity contribution in [1.82, 2.24) is 19.5 Å². The van der Waals surface area contributed by atoms with E-state index in [0.717, 1.165) is 0 Å². The molecule has 0 bridgehead atoms. The number of imidazole rings is 1. The van der Waals surface area contributed by atoms with E-state index >= 15 is 0 Å². The predicted octanol–water partition coefficient (Wildman–Crippen LogP) is -0.0232. The molecule has 3 atom stereocenters. The van der Waals surface area contributed by atoms with E-state index in [1.54, 1.807) is 6.33 Å². The number of hydrogen-bond donors (Lipinski definition) is 2. The van der Waals surface area contributed by atoms with Crippen molar-refractivity contribution in [3.63, 3.8) is 0 Å². The Hall–Kier alpha value is -1.73. The number of ether oxygens (including phenoxy) is 1. The van der Waals surface area contributed by atoms with E-state index in [2.05, 4.69) is 21.9 Å². The highest BCUT2D eigenvalue weighted by atomic mass is 16.5. The van der Waals surface area contributed by atoms with E-state index in [9.17, 15) is 5.11 Å². The topological polar surface area (TPSA) is 99.1 Å². The molecule has 0 saturated carbocycles. The molecule has 2 aromatic heterocycles. The Bertz CT molecular complexity index is 570. The average molecular weight is 249 g/mol. The second-order valence-electron chi connectivity index (χ2n) is 4.56. The quantitative estimate of drug-likeness (QED) is 0.775. The SMILES string of the molecule is C[C@H]1[C@H](n2cnc3c(N)ncnc32)CO[C@@H]1CO. The summed E-state index contributed by atoms with van der Waals surface area (Å²) < 4.78 is 7.51. The third kappa shape index (κ3) is 1.55. The molecule has 7 nitrogen and oxygen atoms in total. The molecule has 3 rings (SSSR count). The second-order valence-corrected chi connectivity index (χ2v) is 4.56. The number of fused-ring (bicyclic) bond motifs is 1. The van der Waals surface area contributed by atoms with Gasteiger partial charge in [-0.1, -0.05) is 6.92 Å². The molecule has 2 aromatic rings. The van der Waals surface area contributed by atoms with Crippen LogP contribution in [0.4, 0.5) is 5.82 Å². The van der Waals surface area contributed by atoms with Crippen LogP contribution in [0.25, 0.3) is 11.2 Å². The zero-order valence-electron chi connectivity index (χ0n) is 10.0. The Labute approximate surface area is 104 Å². The Morgan fingerprint density at radius 2 is 2.33 bits per heavy atom. The number of nitrogens with zero attached hydrogens (tertiary/aromatic N) is 4. The van der Waals surface area contributed by atoms with E-state index in [0.29, 0.717) is 23.6 Å². The number of aliphatic hydroxyl groups is 1. The molecule has 1 aliphatic heterocycles. The fraction of sp³-hybridized carbons (Fsp3) is 0.545. The monoisotopic (exact) mass is 249 g/mol. The van der Waals surface area contributed by atoms with Crippen LogP contribution < -0.4 is 5.73 Å². The maximum atomic E-state index is 9.21. The van der Waals surface area contributed by atoms with Crippen LogP contribution in [0.1, 0.15) is 13.0 Å². The molecule has 7 heteroatoms. The molecular weight excluding hydrogens is 234 g/mol. The molecule has 1 fully saturated rings. The van der Waals surface area contributed by atoms with Crippen LogP contribution in [0, 0.1) is 5.92 Å². The first kappa shape index (κ1) is 11.4. The fourth-order valence-electron chi connectivity index (χ4n) is 2.44. The highest BCUT2D eigenvalue weighted by Crippen LogP contribution is 2.32. The molecule has 0 aliphatic carbocycles. The van der Waals surface area contributed by atoms with Gasteiger partial charge in [0.25, 0.3) is 0 Å². The molecule has 0 aromatic carbocycles. The number of rotatable bonds is 2. The first-order valence-corrected chi connectivity index (χ1v) is 5.88. The molecule has 3 heterocycles. The predicted molar refractivity (Wildman–Crippen MR) is 64.8 cm³/mol. The van der Waals surface area contributed by atoms with Gasteiger partial charge in [-0.3, -0.25) is 0 Å². The van der Waals surface area contributed by atoms with Gasteiger partial charge in [-0.25, -0.2) is 15.0 Å². The van der Waals surface area contributed by atoms with Gasteiger partial charge in [0.05, 0.1) is 31.7 Å². The average Bonchev–Trinajstić information content (AvgIpc) is 2.93. The number of aromatic nitrogens is 4. The van der Waals surface area contributed by atoms with E-state index < -0.39 is 0 Å². The largest absolute Gasteiger partial charge is 0.394 e. The van der Waals surface area contributed by atoms with E-state index in [1.165, 1.54) is 6.33 Å². The van der Waals surface area contributed by atoms with Gasteiger partial charge >= 0.3 is 0 Å². The third-order valence-corrected chi connectivity index (χ3v) is 3.60. The number of nitrogens with two attached hydrogens (primary N) is 1. The van der Waals surface area contributed by atoms with Gasteiger partial charge in [-0.15, -0.1) is 0 Å². The normalized spacial score (nSPS) is 28.0. The van der Waals surface area contributed by atoms with Crippen LogP contribution in [0.2, 0.25) is 0 Å². The summed E-state index contributed by atoms with van der Waals surface area (Å²) in [5, 5.41) is 9.21. The minimum Gasteiger partial charge on any atom is -0.394 e. The van der Waals surface area contributed by atoms with Crippen molar-refractivity contribution in [3.05, 3.63) is 12.7 Å². The van der Waals surface area contributed by atoms with Gasteiger partial charge in [0.1, 0.15) is 11.8 Å². The molecular formula is C11H15N5O2. The highest BCUT2D eigenvalue weighted by molar-refractivity contribution is 5.81. The summed E-state index contributed by atoms with van der Waals surface area (Å²) in [6.07, 6.45) is 3.01. The summed E-state index contributed by atoms with van der Waals surface area (Å²) in [6.45, 7) is 2.62. The first-order valence-electron chi connectivity index (χ1n) is 5.88. The summed E-state index contributed by atoms with van der Waals surface area (Å²) in [7, 11) is 0. The van der Waals surface area contributed by atoms with Crippen molar-refractivity contribution in [2.75, 3.05) is 18.9 Å². The second kappa shape index (κ2) is 4.18. The standard InChI is InChI=1S/C11H15N5O2/c1-6-7(3-18-8(6)2-17)16-5-15-9-10(12)13-4-14-11(9)16/h4-8,17H,2-3H2,1H3,(H2,12,13,14)/t6-,7+,8+/m0/s1. The molecule has 1 aliphatic rings. The van der Waals surface area contributed by atoms with Crippen molar-refractivity contribution >= 4 is 17.0 Å². The van der Waals surface area contributed by atoms with Gasteiger partial charge in [0.15, 0.2) is 11.5 Å². The molecule has 0 unspecified atom stereocenters. The Balaban J connectivity index is 2.03. The lowest BCUT2D eigenvalue weighted by Gasteiger charge is -2.18. The van der Waals surface area contributed by atoms with Gasteiger partial charge in [-0.05, 0) is 0 Å². The van der Waals surface area contributed by atoms with Crippen LogP contribution in [0.3, 0.4) is 0 Å². The van der Waals surface area contributed by atoms with Crippen molar-refractivity contribution in [2.45, 2.75) is 19.1 Å². The molecule has 3 N–H and O–H groups in total. The van der Waals surface area contributed by atoms with Crippen LogP contribution in [-0.4, -0.2) is 43.9 Å². The Kier molecular flexibility index (Phi) is 2.64. The molecule has 0 spiro atoms. The maximum Gasteiger partial charge on any atom is 0.165 e. The van der Waals surface area contributed by atoms with E-state index in [4.69, 9.17) is 10.5 Å². The Morgan fingerprint density at radius 3 is 3.06 bits per heavy atom. The minimum absolute atomic E-state index is 0.0292.